The number of aromatic nitrogens is 1. The Morgan fingerprint density at radius 2 is 1.79 bits per heavy atom. The highest BCUT2D eigenvalue weighted by Crippen LogP contribution is 2.46. The zero-order valence-electron chi connectivity index (χ0n) is 20.2. The molecule has 0 saturated carbocycles. The molecule has 1 fully saturated rings. The van der Waals surface area contributed by atoms with Gasteiger partial charge in [-0.1, -0.05) is 30.3 Å². The maximum Gasteiger partial charge on any atom is 0.174 e. The van der Waals surface area contributed by atoms with Gasteiger partial charge in [-0.15, -0.1) is 0 Å². The van der Waals surface area contributed by atoms with Crippen LogP contribution in [0.2, 0.25) is 0 Å². The van der Waals surface area contributed by atoms with Gasteiger partial charge in [-0.05, 0) is 80.5 Å². The van der Waals surface area contributed by atoms with Crippen LogP contribution in [0.4, 0.5) is 11.4 Å². The second kappa shape index (κ2) is 8.44. The summed E-state index contributed by atoms with van der Waals surface area (Å²) in [4.78, 5) is 9.19. The van der Waals surface area contributed by atoms with Gasteiger partial charge in [0.15, 0.2) is 5.11 Å². The number of fused-ring (bicyclic) bond motifs is 1. The van der Waals surface area contributed by atoms with Crippen LogP contribution in [0, 0.1) is 0 Å². The van der Waals surface area contributed by atoms with Crippen LogP contribution in [0.5, 0.6) is 5.75 Å². The van der Waals surface area contributed by atoms with Crippen LogP contribution >= 0.6 is 12.2 Å². The van der Waals surface area contributed by atoms with Crippen LogP contribution in [-0.2, 0) is 0 Å². The van der Waals surface area contributed by atoms with Crippen LogP contribution in [0.15, 0.2) is 72.9 Å². The third-order valence-corrected chi connectivity index (χ3v) is 7.34. The van der Waals surface area contributed by atoms with E-state index in [0.717, 1.165) is 17.1 Å². The van der Waals surface area contributed by atoms with Gasteiger partial charge in [0.25, 0.3) is 0 Å². The standard InChI is InChI=1S/C28H30N4OS/c1-18-17-28(2,3)31(4)22-14-13-19(16-20(18)22)26-25(21-10-8-9-15-29-21)30-27(34)32(26)23-11-6-7-12-24(23)33-5/h6-17,25-26H,1-5H3,(H,30,34)/t25-,26-/m0/s1. The summed E-state index contributed by atoms with van der Waals surface area (Å²) in [5.41, 5.74) is 6.80. The van der Waals surface area contributed by atoms with E-state index in [1.54, 1.807) is 7.11 Å². The number of thiocarbonyl (C=S) groups is 1. The van der Waals surface area contributed by atoms with Gasteiger partial charge in [-0.2, -0.15) is 0 Å². The molecule has 0 bridgehead atoms. The predicted molar refractivity (Wildman–Crippen MR) is 144 cm³/mol. The number of rotatable bonds is 4. The highest BCUT2D eigenvalue weighted by atomic mass is 32.1. The van der Waals surface area contributed by atoms with Crippen LogP contribution in [0.3, 0.4) is 0 Å². The number of ether oxygens (including phenoxy) is 1. The lowest BCUT2D eigenvalue weighted by Crippen LogP contribution is -2.42. The van der Waals surface area contributed by atoms with Crippen molar-refractivity contribution in [2.24, 2.45) is 0 Å². The average molecular weight is 471 g/mol. The lowest BCUT2D eigenvalue weighted by Gasteiger charge is -2.41. The fraction of sp³-hybridized carbons (Fsp3) is 0.286. The molecule has 0 unspecified atom stereocenters. The number of likely N-dealkylation sites (N-methyl/N-ethyl adjacent to an activating group) is 1. The number of hydrogen-bond donors (Lipinski definition) is 1. The Bertz CT molecular complexity index is 1270. The summed E-state index contributed by atoms with van der Waals surface area (Å²) >= 11 is 5.89. The monoisotopic (exact) mass is 470 g/mol. The fourth-order valence-electron chi connectivity index (χ4n) is 5.14. The molecule has 2 atom stereocenters. The summed E-state index contributed by atoms with van der Waals surface area (Å²) in [6.07, 6.45) is 4.17. The summed E-state index contributed by atoms with van der Waals surface area (Å²) < 4.78 is 5.72. The van der Waals surface area contributed by atoms with Gasteiger partial charge >= 0.3 is 0 Å². The van der Waals surface area contributed by atoms with Gasteiger partial charge in [-0.3, -0.25) is 4.98 Å². The third-order valence-electron chi connectivity index (χ3n) is 7.03. The van der Waals surface area contributed by atoms with E-state index in [1.165, 1.54) is 22.4 Å². The molecule has 0 radical (unpaired) electrons. The molecule has 1 N–H and O–H groups in total. The van der Waals surface area contributed by atoms with Crippen LogP contribution in [-0.4, -0.2) is 29.8 Å². The number of benzene rings is 2. The fourth-order valence-corrected chi connectivity index (χ4v) is 5.48. The van der Waals surface area contributed by atoms with Gasteiger partial charge in [0, 0.05) is 24.5 Å². The molecule has 0 amide bonds. The van der Waals surface area contributed by atoms with Crippen molar-refractivity contribution < 1.29 is 4.74 Å². The molecule has 3 heterocycles. The molecule has 2 aliphatic rings. The van der Waals surface area contributed by atoms with Crippen molar-refractivity contribution in [2.45, 2.75) is 38.4 Å². The molecule has 0 spiro atoms. The topological polar surface area (TPSA) is 40.6 Å². The predicted octanol–water partition coefficient (Wildman–Crippen LogP) is 5.90. The number of allylic oxidation sites excluding steroid dienone is 1. The number of nitrogens with one attached hydrogen (secondary N) is 1. The van der Waals surface area contributed by atoms with Gasteiger partial charge in [0.1, 0.15) is 5.75 Å². The number of nitrogens with zero attached hydrogens (tertiary/aromatic N) is 3. The highest BCUT2D eigenvalue weighted by Gasteiger charge is 2.42. The number of hydrogen-bond acceptors (Lipinski definition) is 4. The third kappa shape index (κ3) is 3.62. The summed E-state index contributed by atoms with van der Waals surface area (Å²) in [6.45, 7) is 6.68. The Kier molecular flexibility index (Phi) is 5.56. The Morgan fingerprint density at radius 1 is 1.03 bits per heavy atom. The Balaban J connectivity index is 1.68. The summed E-state index contributed by atoms with van der Waals surface area (Å²) in [5.74, 6) is 0.786. The molecule has 34 heavy (non-hydrogen) atoms. The van der Waals surface area contributed by atoms with E-state index in [2.05, 4.69) is 84.3 Å². The number of pyridine rings is 1. The van der Waals surface area contributed by atoms with Crippen molar-refractivity contribution in [1.29, 1.82) is 0 Å². The molecule has 1 saturated heterocycles. The minimum Gasteiger partial charge on any atom is -0.495 e. The highest BCUT2D eigenvalue weighted by molar-refractivity contribution is 7.80. The average Bonchev–Trinajstić information content (AvgIpc) is 3.19. The van der Waals surface area contributed by atoms with E-state index in [4.69, 9.17) is 17.0 Å². The maximum absolute atomic E-state index is 5.89. The molecular weight excluding hydrogens is 440 g/mol. The van der Waals surface area contributed by atoms with E-state index >= 15 is 0 Å². The Morgan fingerprint density at radius 3 is 2.53 bits per heavy atom. The van der Waals surface area contributed by atoms with Crippen molar-refractivity contribution in [3.63, 3.8) is 0 Å². The van der Waals surface area contributed by atoms with Crippen molar-refractivity contribution in [2.75, 3.05) is 24.0 Å². The van der Waals surface area contributed by atoms with E-state index in [9.17, 15) is 0 Å². The molecule has 174 valence electrons. The minimum absolute atomic E-state index is 0.0327. The van der Waals surface area contributed by atoms with E-state index in [-0.39, 0.29) is 17.6 Å². The Hall–Kier alpha value is -3.38. The molecular formula is C28H30N4OS. The maximum atomic E-state index is 5.89. The van der Waals surface area contributed by atoms with Gasteiger partial charge in [0.05, 0.1) is 36.1 Å². The van der Waals surface area contributed by atoms with E-state index in [0.29, 0.717) is 5.11 Å². The first-order valence-corrected chi connectivity index (χ1v) is 11.9. The molecule has 5 rings (SSSR count). The van der Waals surface area contributed by atoms with Crippen LogP contribution in [0.1, 0.15) is 49.7 Å². The smallest absolute Gasteiger partial charge is 0.174 e. The largest absolute Gasteiger partial charge is 0.495 e. The molecule has 3 aromatic rings. The summed E-state index contributed by atoms with van der Waals surface area (Å²) in [7, 11) is 3.85. The van der Waals surface area contributed by atoms with Gasteiger partial charge < -0.3 is 19.9 Å². The number of para-hydroxylation sites is 2. The zero-order valence-corrected chi connectivity index (χ0v) is 21.1. The quantitative estimate of drug-likeness (QED) is 0.479. The lowest BCUT2D eigenvalue weighted by molar-refractivity contribution is 0.414. The molecule has 5 nitrogen and oxygen atoms in total. The molecule has 6 heteroatoms. The first kappa shape index (κ1) is 22.4. The van der Waals surface area contributed by atoms with Gasteiger partial charge in [0.2, 0.25) is 0 Å². The van der Waals surface area contributed by atoms with Crippen molar-refractivity contribution in [3.8, 4) is 5.75 Å². The normalized spacial score (nSPS) is 21.1. The SMILES string of the molecule is COc1ccccc1N1C(=S)N[C@@H](c2ccccn2)[C@@H]1c1ccc2c(c1)C(C)=CC(C)(C)N2C. The minimum atomic E-state index is -0.0984. The molecule has 1 aromatic heterocycles. The van der Waals surface area contributed by atoms with Crippen molar-refractivity contribution in [3.05, 3.63) is 89.8 Å². The van der Waals surface area contributed by atoms with E-state index < -0.39 is 0 Å². The van der Waals surface area contributed by atoms with Crippen molar-refractivity contribution >= 4 is 34.3 Å². The second-order valence-corrected chi connectivity index (χ2v) is 9.87. The number of anilines is 2. The first-order chi connectivity index (χ1) is 16.3. The number of methoxy groups -OCH3 is 1. The van der Waals surface area contributed by atoms with Crippen LogP contribution < -0.4 is 19.9 Å². The molecule has 2 aliphatic heterocycles. The van der Waals surface area contributed by atoms with Crippen molar-refractivity contribution in [1.82, 2.24) is 10.3 Å². The van der Waals surface area contributed by atoms with E-state index in [1.807, 2.05) is 36.5 Å². The zero-order chi connectivity index (χ0) is 24.0. The summed E-state index contributed by atoms with van der Waals surface area (Å²) in [5, 5.41) is 4.21. The second-order valence-electron chi connectivity index (χ2n) is 9.49. The molecule has 0 aliphatic carbocycles. The summed E-state index contributed by atoms with van der Waals surface area (Å²) in [6, 6.07) is 20.6. The lowest BCUT2D eigenvalue weighted by atomic mass is 9.86. The van der Waals surface area contributed by atoms with Crippen LogP contribution in [0.25, 0.3) is 5.57 Å². The first-order valence-electron chi connectivity index (χ1n) is 11.5. The molecule has 2 aromatic carbocycles. The van der Waals surface area contributed by atoms with Gasteiger partial charge in [-0.25, -0.2) is 0 Å². The Labute approximate surface area is 207 Å².